The van der Waals surface area contributed by atoms with Crippen molar-refractivity contribution in [3.8, 4) is 16.9 Å². The number of nitrogens with one attached hydrogen (secondary N) is 1. The Bertz CT molecular complexity index is 1000. The largest absolute Gasteiger partial charge is 0.490 e. The van der Waals surface area contributed by atoms with Crippen LogP contribution in [0.1, 0.15) is 6.92 Å². The van der Waals surface area contributed by atoms with Gasteiger partial charge in [-0.05, 0) is 30.0 Å². The fourth-order valence-electron chi connectivity index (χ4n) is 3.71. The molecule has 2 N–H and O–H groups in total. The summed E-state index contributed by atoms with van der Waals surface area (Å²) < 4.78 is 7.88. The summed E-state index contributed by atoms with van der Waals surface area (Å²) in [7, 11) is 0. The number of benzene rings is 2. The van der Waals surface area contributed by atoms with Crippen LogP contribution in [0, 0.1) is 0 Å². The molecule has 7 nitrogen and oxygen atoms in total. The van der Waals surface area contributed by atoms with E-state index in [4.69, 9.17) is 4.74 Å². The Kier molecular flexibility index (Phi) is 5.78. The Morgan fingerprint density at radius 2 is 2.07 bits per heavy atom. The summed E-state index contributed by atoms with van der Waals surface area (Å²) in [4.78, 5) is 13.4. The van der Waals surface area contributed by atoms with Crippen molar-refractivity contribution in [2.75, 3.05) is 32.8 Å². The molecule has 2 aromatic carbocycles. The lowest BCUT2D eigenvalue weighted by Gasteiger charge is -2.28. The van der Waals surface area contributed by atoms with Crippen LogP contribution < -0.4 is 10.1 Å². The second kappa shape index (κ2) is 8.63. The Balaban J connectivity index is 1.49. The van der Waals surface area contributed by atoms with Crippen molar-refractivity contribution in [2.24, 2.45) is 0 Å². The molecule has 29 heavy (non-hydrogen) atoms. The summed E-state index contributed by atoms with van der Waals surface area (Å²) in [5.41, 5.74) is 2.17. The van der Waals surface area contributed by atoms with Gasteiger partial charge in [0.1, 0.15) is 18.5 Å². The van der Waals surface area contributed by atoms with Gasteiger partial charge in [-0.1, -0.05) is 24.3 Å². The molecule has 0 aliphatic carbocycles. The third-order valence-corrected chi connectivity index (χ3v) is 5.17. The predicted octanol–water partition coefficient (Wildman–Crippen LogP) is 1.89. The van der Waals surface area contributed by atoms with Gasteiger partial charge in [0.05, 0.1) is 12.7 Å². The zero-order chi connectivity index (χ0) is 20.2. The number of carbonyl (C=O) groups excluding carboxylic acids is 1. The van der Waals surface area contributed by atoms with Gasteiger partial charge in [0.25, 0.3) is 0 Å². The number of aliphatic hydroxyl groups excluding tert-OH is 1. The van der Waals surface area contributed by atoms with Gasteiger partial charge in [0.2, 0.25) is 5.91 Å². The molecule has 1 aliphatic heterocycles. The number of hydrogen-bond acceptors (Lipinski definition) is 5. The molecule has 1 aliphatic rings. The summed E-state index contributed by atoms with van der Waals surface area (Å²) in [6, 6.07) is 12.1. The van der Waals surface area contributed by atoms with E-state index in [-0.39, 0.29) is 12.5 Å². The number of aromatic nitrogens is 2. The number of carbonyl (C=O) groups is 1. The summed E-state index contributed by atoms with van der Waals surface area (Å²) in [5.74, 6) is 0.736. The van der Waals surface area contributed by atoms with E-state index in [2.05, 4.69) is 23.4 Å². The molecule has 4 rings (SSSR count). The van der Waals surface area contributed by atoms with Crippen LogP contribution in [0.4, 0.5) is 0 Å². The fraction of sp³-hybridized carbons (Fsp3) is 0.364. The van der Waals surface area contributed by atoms with E-state index in [0.717, 1.165) is 40.7 Å². The minimum atomic E-state index is -0.665. The summed E-state index contributed by atoms with van der Waals surface area (Å²) >= 11 is 0. The zero-order valence-corrected chi connectivity index (χ0v) is 16.5. The highest BCUT2D eigenvalue weighted by Crippen LogP contribution is 2.34. The van der Waals surface area contributed by atoms with E-state index in [0.29, 0.717) is 19.6 Å². The van der Waals surface area contributed by atoms with Gasteiger partial charge >= 0.3 is 0 Å². The Morgan fingerprint density at radius 3 is 2.83 bits per heavy atom. The lowest BCUT2D eigenvalue weighted by molar-refractivity contribution is -0.124. The van der Waals surface area contributed by atoms with Crippen LogP contribution in [0.15, 0.2) is 48.8 Å². The normalized spacial score (nSPS) is 16.0. The second-order valence-corrected chi connectivity index (χ2v) is 7.29. The van der Waals surface area contributed by atoms with Crippen molar-refractivity contribution in [3.05, 3.63) is 48.8 Å². The Labute approximate surface area is 169 Å². The number of ether oxygens (including phenoxy) is 1. The number of nitrogens with zero attached hydrogens (tertiary/aromatic N) is 3. The minimum Gasteiger partial charge on any atom is -0.490 e. The molecule has 2 heterocycles. The van der Waals surface area contributed by atoms with Crippen molar-refractivity contribution < 1.29 is 14.6 Å². The van der Waals surface area contributed by atoms with Gasteiger partial charge in [-0.3, -0.25) is 14.4 Å². The Hall–Kier alpha value is -2.90. The van der Waals surface area contributed by atoms with Gasteiger partial charge in [0, 0.05) is 43.3 Å². The standard InChI is InChI=1S/C22H26N4O3/c1-2-26-12-16(11-24-26)18-7-8-21(20-6-4-3-5-19(18)20)29-15-17(27)13-25-10-9-23-22(28)14-25/h3-8,11-12,17,27H,2,9-10,13-15H2,1H3,(H,23,28). The average Bonchev–Trinajstić information content (AvgIpc) is 3.21. The molecule has 1 unspecified atom stereocenters. The number of aryl methyl sites for hydroxylation is 1. The molecule has 0 saturated carbocycles. The van der Waals surface area contributed by atoms with Crippen LogP contribution in [0.5, 0.6) is 5.75 Å². The number of aliphatic hydroxyl groups is 1. The van der Waals surface area contributed by atoms with Crippen molar-refractivity contribution >= 4 is 16.7 Å². The average molecular weight is 394 g/mol. The minimum absolute atomic E-state index is 0.00246. The number of β-amino-alcohol motifs (C(OH)–C–C–N with tert-alkyl or cyclic N) is 1. The molecule has 0 bridgehead atoms. The van der Waals surface area contributed by atoms with Crippen molar-refractivity contribution in [1.82, 2.24) is 20.0 Å². The van der Waals surface area contributed by atoms with Gasteiger partial charge < -0.3 is 15.2 Å². The number of fused-ring (bicyclic) bond motifs is 1. The van der Waals surface area contributed by atoms with Crippen molar-refractivity contribution in [3.63, 3.8) is 0 Å². The van der Waals surface area contributed by atoms with E-state index in [9.17, 15) is 9.90 Å². The highest BCUT2D eigenvalue weighted by atomic mass is 16.5. The van der Waals surface area contributed by atoms with Crippen LogP contribution in [0.25, 0.3) is 21.9 Å². The number of hydrogen-bond donors (Lipinski definition) is 2. The fourth-order valence-corrected chi connectivity index (χ4v) is 3.71. The summed E-state index contributed by atoms with van der Waals surface area (Å²) in [5, 5.41) is 19.6. The van der Waals surface area contributed by atoms with Crippen molar-refractivity contribution in [2.45, 2.75) is 19.6 Å². The predicted molar refractivity (Wildman–Crippen MR) is 112 cm³/mol. The lowest BCUT2D eigenvalue weighted by atomic mass is 10.00. The Morgan fingerprint density at radius 1 is 1.24 bits per heavy atom. The highest BCUT2D eigenvalue weighted by molar-refractivity contribution is 5.99. The molecule has 7 heteroatoms. The third-order valence-electron chi connectivity index (χ3n) is 5.17. The van der Waals surface area contributed by atoms with Crippen LogP contribution in [-0.4, -0.2) is 64.6 Å². The third kappa shape index (κ3) is 4.41. The second-order valence-electron chi connectivity index (χ2n) is 7.29. The number of amides is 1. The first-order chi connectivity index (χ1) is 14.1. The van der Waals surface area contributed by atoms with Crippen molar-refractivity contribution in [1.29, 1.82) is 0 Å². The molecule has 3 aromatic rings. The van der Waals surface area contributed by atoms with Crippen LogP contribution in [0.3, 0.4) is 0 Å². The molecule has 1 fully saturated rings. The van der Waals surface area contributed by atoms with Gasteiger partial charge in [-0.2, -0.15) is 5.10 Å². The van der Waals surface area contributed by atoms with Gasteiger partial charge in [0.15, 0.2) is 0 Å². The molecule has 1 amide bonds. The molecular weight excluding hydrogens is 368 g/mol. The molecule has 1 aromatic heterocycles. The smallest absolute Gasteiger partial charge is 0.234 e. The zero-order valence-electron chi connectivity index (χ0n) is 16.5. The van der Waals surface area contributed by atoms with E-state index in [1.54, 1.807) is 0 Å². The lowest BCUT2D eigenvalue weighted by Crippen LogP contribution is -2.50. The number of rotatable bonds is 7. The molecule has 152 valence electrons. The van der Waals surface area contributed by atoms with E-state index in [1.165, 1.54) is 0 Å². The van der Waals surface area contributed by atoms with Gasteiger partial charge in [-0.15, -0.1) is 0 Å². The summed E-state index contributed by atoms with van der Waals surface area (Å²) in [6.07, 6.45) is 3.26. The van der Waals surface area contributed by atoms with Gasteiger partial charge in [-0.25, -0.2) is 0 Å². The monoisotopic (exact) mass is 394 g/mol. The topological polar surface area (TPSA) is 79.6 Å². The first-order valence-electron chi connectivity index (χ1n) is 9.98. The molecule has 0 spiro atoms. The quantitative estimate of drug-likeness (QED) is 0.640. The van der Waals surface area contributed by atoms with Crippen LogP contribution in [-0.2, 0) is 11.3 Å². The maximum atomic E-state index is 11.5. The van der Waals surface area contributed by atoms with Crippen LogP contribution in [0.2, 0.25) is 0 Å². The SMILES string of the molecule is CCn1cc(-c2ccc(OCC(O)CN3CCNC(=O)C3)c3ccccc23)cn1. The maximum absolute atomic E-state index is 11.5. The maximum Gasteiger partial charge on any atom is 0.234 e. The molecular formula is C22H26N4O3. The van der Waals surface area contributed by atoms with E-state index >= 15 is 0 Å². The summed E-state index contributed by atoms with van der Waals surface area (Å²) in [6.45, 7) is 5.16. The highest BCUT2D eigenvalue weighted by Gasteiger charge is 2.19. The molecule has 0 radical (unpaired) electrons. The number of piperazine rings is 1. The first kappa shape index (κ1) is 19.4. The van der Waals surface area contributed by atoms with E-state index in [1.807, 2.05) is 52.3 Å². The van der Waals surface area contributed by atoms with E-state index < -0.39 is 6.10 Å². The first-order valence-corrected chi connectivity index (χ1v) is 9.98. The molecule has 1 saturated heterocycles. The molecule has 1 atom stereocenters. The van der Waals surface area contributed by atoms with Crippen LogP contribution >= 0.6 is 0 Å².